The number of nitrogens with zero attached hydrogens (tertiary/aromatic N) is 2. The molecule has 0 spiro atoms. The predicted molar refractivity (Wildman–Crippen MR) is 107 cm³/mol. The Morgan fingerprint density at radius 1 is 0.926 bits per heavy atom. The summed E-state index contributed by atoms with van der Waals surface area (Å²) < 4.78 is 5.56. The van der Waals surface area contributed by atoms with Gasteiger partial charge in [-0.3, -0.25) is 0 Å². The Kier molecular flexibility index (Phi) is 5.35. The van der Waals surface area contributed by atoms with Gasteiger partial charge in [0.05, 0.1) is 0 Å². The first-order chi connectivity index (χ1) is 13.3. The molecule has 0 atom stereocenters. The van der Waals surface area contributed by atoms with E-state index >= 15 is 0 Å². The SMILES string of the molecule is NCc1ccc(-c2noc(CCC3(c4ccccc4)CCCCC3)n2)cc1. The molecule has 2 aromatic carbocycles. The van der Waals surface area contributed by atoms with E-state index in [-0.39, 0.29) is 5.41 Å². The Morgan fingerprint density at radius 2 is 1.67 bits per heavy atom. The summed E-state index contributed by atoms with van der Waals surface area (Å²) in [6.45, 7) is 0.541. The number of aromatic nitrogens is 2. The van der Waals surface area contributed by atoms with Gasteiger partial charge >= 0.3 is 0 Å². The number of aryl methyl sites for hydroxylation is 1. The zero-order valence-corrected chi connectivity index (χ0v) is 15.7. The van der Waals surface area contributed by atoms with Gasteiger partial charge < -0.3 is 10.3 Å². The van der Waals surface area contributed by atoms with E-state index in [1.807, 2.05) is 24.3 Å². The first kappa shape index (κ1) is 17.9. The zero-order chi connectivity index (χ0) is 18.5. The van der Waals surface area contributed by atoms with Crippen molar-refractivity contribution in [1.82, 2.24) is 10.1 Å². The van der Waals surface area contributed by atoms with Gasteiger partial charge in [0.25, 0.3) is 0 Å². The maximum atomic E-state index is 5.66. The Labute approximate surface area is 160 Å². The molecule has 4 nitrogen and oxygen atoms in total. The highest BCUT2D eigenvalue weighted by Crippen LogP contribution is 2.42. The standard InChI is InChI=1S/C23H27N3O/c24-17-18-9-11-19(12-10-18)22-25-21(27-26-22)13-16-23(14-5-2-6-15-23)20-7-3-1-4-8-20/h1,3-4,7-12H,2,5-6,13-17,24H2. The summed E-state index contributed by atoms with van der Waals surface area (Å²) in [5.74, 6) is 1.39. The van der Waals surface area contributed by atoms with Crippen LogP contribution in [0.1, 0.15) is 55.5 Å². The maximum absolute atomic E-state index is 5.66. The second-order valence-corrected chi connectivity index (χ2v) is 7.62. The van der Waals surface area contributed by atoms with E-state index in [1.165, 1.54) is 37.7 Å². The molecule has 1 aromatic heterocycles. The lowest BCUT2D eigenvalue weighted by atomic mass is 9.67. The Bertz CT molecular complexity index is 849. The molecule has 0 radical (unpaired) electrons. The third kappa shape index (κ3) is 3.96. The van der Waals surface area contributed by atoms with Gasteiger partial charge in [0, 0.05) is 18.5 Å². The number of nitrogens with two attached hydrogens (primary N) is 1. The molecule has 140 valence electrons. The molecule has 4 rings (SSSR count). The van der Waals surface area contributed by atoms with E-state index in [0.29, 0.717) is 12.4 Å². The molecule has 1 saturated carbocycles. The van der Waals surface area contributed by atoms with Crippen LogP contribution in [0, 0.1) is 0 Å². The van der Waals surface area contributed by atoms with Crippen molar-refractivity contribution >= 4 is 0 Å². The van der Waals surface area contributed by atoms with Gasteiger partial charge in [-0.15, -0.1) is 0 Å². The third-order valence-corrected chi connectivity index (χ3v) is 5.93. The monoisotopic (exact) mass is 361 g/mol. The predicted octanol–water partition coefficient (Wildman–Crippen LogP) is 5.03. The van der Waals surface area contributed by atoms with Crippen LogP contribution in [-0.2, 0) is 18.4 Å². The molecule has 0 unspecified atom stereocenters. The molecule has 1 aliphatic rings. The molecule has 1 aliphatic carbocycles. The molecule has 27 heavy (non-hydrogen) atoms. The number of benzene rings is 2. The fourth-order valence-electron chi connectivity index (χ4n) is 4.31. The third-order valence-electron chi connectivity index (χ3n) is 5.93. The minimum atomic E-state index is 0.247. The molecular formula is C23H27N3O. The summed E-state index contributed by atoms with van der Waals surface area (Å²) in [6, 6.07) is 19.0. The summed E-state index contributed by atoms with van der Waals surface area (Å²) >= 11 is 0. The highest BCUT2D eigenvalue weighted by molar-refractivity contribution is 5.54. The Balaban J connectivity index is 1.49. The molecular weight excluding hydrogens is 334 g/mol. The van der Waals surface area contributed by atoms with Crippen LogP contribution in [-0.4, -0.2) is 10.1 Å². The average Bonchev–Trinajstić information content (AvgIpc) is 3.23. The van der Waals surface area contributed by atoms with E-state index in [1.54, 1.807) is 0 Å². The first-order valence-electron chi connectivity index (χ1n) is 9.97. The van der Waals surface area contributed by atoms with Gasteiger partial charge in [-0.05, 0) is 35.8 Å². The van der Waals surface area contributed by atoms with Gasteiger partial charge in [0.15, 0.2) is 0 Å². The molecule has 2 N–H and O–H groups in total. The maximum Gasteiger partial charge on any atom is 0.226 e. The van der Waals surface area contributed by atoms with Crippen molar-refractivity contribution in [1.29, 1.82) is 0 Å². The lowest BCUT2D eigenvalue weighted by molar-refractivity contribution is 0.261. The van der Waals surface area contributed by atoms with Crippen molar-refractivity contribution < 1.29 is 4.52 Å². The molecule has 1 fully saturated rings. The Hall–Kier alpha value is -2.46. The second kappa shape index (κ2) is 8.05. The van der Waals surface area contributed by atoms with Crippen molar-refractivity contribution in [2.75, 3.05) is 0 Å². The average molecular weight is 361 g/mol. The molecule has 0 bridgehead atoms. The summed E-state index contributed by atoms with van der Waals surface area (Å²) in [5.41, 5.74) is 9.44. The summed E-state index contributed by atoms with van der Waals surface area (Å²) in [7, 11) is 0. The molecule has 1 heterocycles. The van der Waals surface area contributed by atoms with Crippen molar-refractivity contribution in [2.24, 2.45) is 5.73 Å². The van der Waals surface area contributed by atoms with Crippen LogP contribution in [0.25, 0.3) is 11.4 Å². The topological polar surface area (TPSA) is 64.9 Å². The lowest BCUT2D eigenvalue weighted by Crippen LogP contribution is -2.29. The van der Waals surface area contributed by atoms with Gasteiger partial charge in [0.1, 0.15) is 0 Å². The quantitative estimate of drug-likeness (QED) is 0.669. The lowest BCUT2D eigenvalue weighted by Gasteiger charge is -2.38. The highest BCUT2D eigenvalue weighted by Gasteiger charge is 2.33. The van der Waals surface area contributed by atoms with Crippen molar-refractivity contribution in [3.05, 3.63) is 71.6 Å². The van der Waals surface area contributed by atoms with Gasteiger partial charge in [-0.1, -0.05) is 79.0 Å². The largest absolute Gasteiger partial charge is 0.339 e. The minimum absolute atomic E-state index is 0.247. The van der Waals surface area contributed by atoms with E-state index in [0.717, 1.165) is 29.9 Å². The zero-order valence-electron chi connectivity index (χ0n) is 15.7. The number of hydrogen-bond donors (Lipinski definition) is 1. The Morgan fingerprint density at radius 3 is 2.37 bits per heavy atom. The van der Waals surface area contributed by atoms with Crippen LogP contribution in [0.15, 0.2) is 59.1 Å². The first-order valence-corrected chi connectivity index (χ1v) is 9.97. The van der Waals surface area contributed by atoms with Gasteiger partial charge in [-0.2, -0.15) is 4.98 Å². The summed E-state index contributed by atoms with van der Waals surface area (Å²) in [4.78, 5) is 4.64. The van der Waals surface area contributed by atoms with Crippen LogP contribution < -0.4 is 5.73 Å². The molecule has 4 heteroatoms. The van der Waals surface area contributed by atoms with Crippen LogP contribution in [0.5, 0.6) is 0 Å². The molecule has 0 saturated heterocycles. The van der Waals surface area contributed by atoms with Crippen LogP contribution >= 0.6 is 0 Å². The van der Waals surface area contributed by atoms with Crippen LogP contribution in [0.2, 0.25) is 0 Å². The number of hydrogen-bond acceptors (Lipinski definition) is 4. The van der Waals surface area contributed by atoms with Gasteiger partial charge in [0.2, 0.25) is 11.7 Å². The minimum Gasteiger partial charge on any atom is -0.339 e. The molecule has 0 aliphatic heterocycles. The van der Waals surface area contributed by atoms with E-state index in [9.17, 15) is 0 Å². The van der Waals surface area contributed by atoms with Crippen molar-refractivity contribution in [3.8, 4) is 11.4 Å². The smallest absolute Gasteiger partial charge is 0.226 e. The van der Waals surface area contributed by atoms with Crippen LogP contribution in [0.4, 0.5) is 0 Å². The number of rotatable bonds is 6. The summed E-state index contributed by atoms with van der Waals surface area (Å²) in [5, 5.41) is 4.18. The summed E-state index contributed by atoms with van der Waals surface area (Å²) in [6.07, 6.45) is 8.33. The highest BCUT2D eigenvalue weighted by atomic mass is 16.5. The van der Waals surface area contributed by atoms with Crippen molar-refractivity contribution in [3.63, 3.8) is 0 Å². The van der Waals surface area contributed by atoms with E-state index in [4.69, 9.17) is 10.3 Å². The fraction of sp³-hybridized carbons (Fsp3) is 0.391. The fourth-order valence-corrected chi connectivity index (χ4v) is 4.31. The second-order valence-electron chi connectivity index (χ2n) is 7.62. The van der Waals surface area contributed by atoms with Crippen molar-refractivity contribution in [2.45, 2.75) is 56.9 Å². The van der Waals surface area contributed by atoms with E-state index in [2.05, 4.69) is 40.5 Å². The molecule has 0 amide bonds. The molecule has 3 aromatic rings. The van der Waals surface area contributed by atoms with Gasteiger partial charge in [-0.25, -0.2) is 0 Å². The van der Waals surface area contributed by atoms with E-state index < -0.39 is 0 Å². The van der Waals surface area contributed by atoms with Crippen LogP contribution in [0.3, 0.4) is 0 Å². The normalized spacial score (nSPS) is 16.3.